The maximum absolute atomic E-state index is 13.7. The molecule has 5 nitrogen and oxygen atoms in total. The molecule has 0 aliphatic rings. The van der Waals surface area contributed by atoms with Crippen LogP contribution in [0.4, 0.5) is 15.9 Å². The van der Waals surface area contributed by atoms with Crippen molar-refractivity contribution in [1.82, 2.24) is 10.3 Å². The van der Waals surface area contributed by atoms with Crippen molar-refractivity contribution in [3.63, 3.8) is 0 Å². The van der Waals surface area contributed by atoms with Crippen molar-refractivity contribution in [2.24, 2.45) is 5.73 Å². The lowest BCUT2D eigenvalue weighted by atomic mass is 10.2. The van der Waals surface area contributed by atoms with Crippen LogP contribution in [0, 0.1) is 5.82 Å². The smallest absolute Gasteiger partial charge is 0.255 e. The van der Waals surface area contributed by atoms with Gasteiger partial charge in [-0.05, 0) is 43.7 Å². The van der Waals surface area contributed by atoms with Gasteiger partial charge in [0.05, 0.1) is 11.3 Å². The fourth-order valence-electron chi connectivity index (χ4n) is 1.94. The van der Waals surface area contributed by atoms with E-state index in [-0.39, 0.29) is 11.6 Å². The molecule has 0 radical (unpaired) electrons. The van der Waals surface area contributed by atoms with Gasteiger partial charge in [0.25, 0.3) is 5.91 Å². The summed E-state index contributed by atoms with van der Waals surface area (Å²) in [6, 6.07) is 9.56. The molecule has 4 N–H and O–H groups in total. The summed E-state index contributed by atoms with van der Waals surface area (Å²) in [6.07, 6.45) is 3.22. The monoisotopic (exact) mass is 302 g/mol. The molecule has 1 amide bonds. The third kappa shape index (κ3) is 4.26. The van der Waals surface area contributed by atoms with Crippen LogP contribution in [0.5, 0.6) is 0 Å². The van der Waals surface area contributed by atoms with Gasteiger partial charge in [-0.15, -0.1) is 0 Å². The van der Waals surface area contributed by atoms with E-state index in [0.29, 0.717) is 24.5 Å². The van der Waals surface area contributed by atoms with E-state index in [4.69, 9.17) is 5.73 Å². The van der Waals surface area contributed by atoms with Crippen LogP contribution >= 0.6 is 0 Å². The van der Waals surface area contributed by atoms with Crippen molar-refractivity contribution in [2.45, 2.75) is 12.8 Å². The van der Waals surface area contributed by atoms with Crippen molar-refractivity contribution in [1.29, 1.82) is 0 Å². The highest BCUT2D eigenvalue weighted by molar-refractivity contribution is 5.99. The number of carbonyl (C=O) groups excluding carboxylic acids is 1. The number of pyridine rings is 1. The number of nitrogens with one attached hydrogen (secondary N) is 2. The first kappa shape index (κ1) is 15.9. The average Bonchev–Trinajstić information content (AvgIpc) is 2.54. The third-order valence-electron chi connectivity index (χ3n) is 3.10. The number of benzene rings is 1. The average molecular weight is 302 g/mol. The summed E-state index contributed by atoms with van der Waals surface area (Å²) in [5.74, 6) is -0.324. The van der Waals surface area contributed by atoms with Gasteiger partial charge in [-0.3, -0.25) is 4.79 Å². The first-order chi connectivity index (χ1) is 10.7. The Morgan fingerprint density at radius 3 is 2.77 bits per heavy atom. The fraction of sp³-hybridized carbons (Fsp3) is 0.250. The van der Waals surface area contributed by atoms with Gasteiger partial charge in [-0.1, -0.05) is 12.1 Å². The van der Waals surface area contributed by atoms with Crippen molar-refractivity contribution >= 4 is 17.4 Å². The SMILES string of the molecule is NCCCCNC(=O)c1cccnc1Nc1ccccc1F. The molecule has 0 unspecified atom stereocenters. The zero-order chi connectivity index (χ0) is 15.8. The number of rotatable bonds is 7. The van der Waals surface area contributed by atoms with Crippen LogP contribution in [0.2, 0.25) is 0 Å². The third-order valence-corrected chi connectivity index (χ3v) is 3.10. The van der Waals surface area contributed by atoms with Crippen LogP contribution in [0.3, 0.4) is 0 Å². The Morgan fingerprint density at radius 1 is 1.18 bits per heavy atom. The van der Waals surface area contributed by atoms with Gasteiger partial charge in [0.1, 0.15) is 11.6 Å². The summed E-state index contributed by atoms with van der Waals surface area (Å²) in [6.45, 7) is 1.15. The molecule has 2 aromatic rings. The predicted octanol–water partition coefficient (Wildman–Crippen LogP) is 2.43. The topological polar surface area (TPSA) is 80.0 Å². The lowest BCUT2D eigenvalue weighted by Gasteiger charge is -2.11. The van der Waals surface area contributed by atoms with Crippen LogP contribution in [0.15, 0.2) is 42.6 Å². The van der Waals surface area contributed by atoms with E-state index >= 15 is 0 Å². The summed E-state index contributed by atoms with van der Waals surface area (Å²) in [4.78, 5) is 16.3. The Kier molecular flexibility index (Phi) is 5.85. The molecule has 0 saturated heterocycles. The molecule has 116 valence electrons. The highest BCUT2D eigenvalue weighted by Crippen LogP contribution is 2.20. The van der Waals surface area contributed by atoms with Gasteiger partial charge < -0.3 is 16.4 Å². The molecule has 0 saturated carbocycles. The fourth-order valence-corrected chi connectivity index (χ4v) is 1.94. The first-order valence-corrected chi connectivity index (χ1v) is 7.17. The van der Waals surface area contributed by atoms with Crippen LogP contribution in [-0.4, -0.2) is 24.0 Å². The van der Waals surface area contributed by atoms with Crippen LogP contribution in [0.25, 0.3) is 0 Å². The van der Waals surface area contributed by atoms with Crippen molar-refractivity contribution < 1.29 is 9.18 Å². The van der Waals surface area contributed by atoms with Crippen LogP contribution < -0.4 is 16.4 Å². The Hall–Kier alpha value is -2.47. The van der Waals surface area contributed by atoms with Gasteiger partial charge in [0.15, 0.2) is 0 Å². The number of para-hydroxylation sites is 1. The number of carbonyl (C=O) groups is 1. The molecule has 0 atom stereocenters. The lowest BCUT2D eigenvalue weighted by molar-refractivity contribution is 0.0953. The molecule has 2 rings (SSSR count). The number of unbranched alkanes of at least 4 members (excludes halogenated alkanes) is 1. The van der Waals surface area contributed by atoms with Gasteiger partial charge in [0, 0.05) is 12.7 Å². The number of anilines is 2. The van der Waals surface area contributed by atoms with Crippen LogP contribution in [0.1, 0.15) is 23.2 Å². The summed E-state index contributed by atoms with van der Waals surface area (Å²) in [5.41, 5.74) is 6.06. The maximum atomic E-state index is 13.7. The second-order valence-electron chi connectivity index (χ2n) is 4.76. The summed E-state index contributed by atoms with van der Waals surface area (Å²) in [5, 5.41) is 5.66. The highest BCUT2D eigenvalue weighted by atomic mass is 19.1. The number of amides is 1. The molecule has 1 aromatic heterocycles. The van der Waals surface area contributed by atoms with E-state index in [9.17, 15) is 9.18 Å². The largest absolute Gasteiger partial charge is 0.352 e. The molecular formula is C16H19FN4O. The van der Waals surface area contributed by atoms with Crippen molar-refractivity contribution in [2.75, 3.05) is 18.4 Å². The van der Waals surface area contributed by atoms with E-state index in [0.717, 1.165) is 12.8 Å². The molecule has 6 heteroatoms. The van der Waals surface area contributed by atoms with Gasteiger partial charge >= 0.3 is 0 Å². The lowest BCUT2D eigenvalue weighted by Crippen LogP contribution is -2.26. The minimum Gasteiger partial charge on any atom is -0.352 e. The van der Waals surface area contributed by atoms with E-state index in [1.54, 1.807) is 36.5 Å². The zero-order valence-electron chi connectivity index (χ0n) is 12.2. The van der Waals surface area contributed by atoms with Gasteiger partial charge in [0.2, 0.25) is 0 Å². The second kappa shape index (κ2) is 8.09. The Bertz CT molecular complexity index is 633. The van der Waals surface area contributed by atoms with E-state index in [1.165, 1.54) is 6.07 Å². The molecule has 0 aliphatic heterocycles. The molecule has 0 fully saturated rings. The molecule has 1 heterocycles. The number of hydrogen-bond donors (Lipinski definition) is 3. The van der Waals surface area contributed by atoms with Crippen molar-refractivity contribution in [3.05, 3.63) is 54.0 Å². The summed E-state index contributed by atoms with van der Waals surface area (Å²) >= 11 is 0. The molecule has 0 aliphatic carbocycles. The van der Waals surface area contributed by atoms with Crippen molar-refractivity contribution in [3.8, 4) is 0 Å². The number of nitrogens with two attached hydrogens (primary N) is 1. The van der Waals surface area contributed by atoms with E-state index < -0.39 is 5.82 Å². The zero-order valence-corrected chi connectivity index (χ0v) is 12.2. The summed E-state index contributed by atoms with van der Waals surface area (Å²) < 4.78 is 13.7. The normalized spacial score (nSPS) is 10.3. The molecule has 0 bridgehead atoms. The van der Waals surface area contributed by atoms with Gasteiger partial charge in [-0.2, -0.15) is 0 Å². The van der Waals surface area contributed by atoms with Crippen LogP contribution in [-0.2, 0) is 0 Å². The Morgan fingerprint density at radius 2 is 2.00 bits per heavy atom. The minimum absolute atomic E-state index is 0.246. The standard InChI is InChI=1S/C16H19FN4O/c17-13-7-1-2-8-14(13)21-15-12(6-5-11-19-15)16(22)20-10-4-3-9-18/h1-2,5-8,11H,3-4,9-10,18H2,(H,19,21)(H,20,22). The first-order valence-electron chi connectivity index (χ1n) is 7.17. The summed E-state index contributed by atoms with van der Waals surface area (Å²) in [7, 11) is 0. The highest BCUT2D eigenvalue weighted by Gasteiger charge is 2.13. The second-order valence-corrected chi connectivity index (χ2v) is 4.76. The molecule has 0 spiro atoms. The predicted molar refractivity (Wildman–Crippen MR) is 84.5 cm³/mol. The minimum atomic E-state index is -0.401. The molecular weight excluding hydrogens is 283 g/mol. The molecule has 1 aromatic carbocycles. The number of aromatic nitrogens is 1. The van der Waals surface area contributed by atoms with E-state index in [2.05, 4.69) is 15.6 Å². The van der Waals surface area contributed by atoms with Gasteiger partial charge in [-0.25, -0.2) is 9.37 Å². The van der Waals surface area contributed by atoms with E-state index in [1.807, 2.05) is 0 Å². The number of hydrogen-bond acceptors (Lipinski definition) is 4. The Labute approximate surface area is 128 Å². The Balaban J connectivity index is 2.10. The number of halogens is 1. The molecule has 22 heavy (non-hydrogen) atoms. The quantitative estimate of drug-likeness (QED) is 0.686. The number of nitrogens with zero attached hydrogens (tertiary/aromatic N) is 1. The maximum Gasteiger partial charge on any atom is 0.255 e.